The third kappa shape index (κ3) is 1.10. The van der Waals surface area contributed by atoms with Crippen molar-refractivity contribution >= 4 is 11.6 Å². The van der Waals surface area contributed by atoms with Crippen LogP contribution in [0.15, 0.2) is 21.3 Å². The Morgan fingerprint density at radius 1 is 1.50 bits per heavy atom. The zero-order valence-corrected chi connectivity index (χ0v) is 7.00. The lowest BCUT2D eigenvalue weighted by Crippen LogP contribution is -1.75. The minimum Gasteiger partial charge on any atom is -0.469 e. The molecule has 0 aliphatic heterocycles. The molecule has 4 nitrogen and oxygen atoms in total. The van der Waals surface area contributed by atoms with Crippen LogP contribution in [0, 0.1) is 6.92 Å². The number of hydrogen-bond donors (Lipinski definition) is 0. The van der Waals surface area contributed by atoms with Gasteiger partial charge in [-0.15, -0.1) is 0 Å². The van der Waals surface area contributed by atoms with E-state index in [4.69, 9.17) is 20.5 Å². The molecule has 0 aliphatic carbocycles. The van der Waals surface area contributed by atoms with Gasteiger partial charge in [0.1, 0.15) is 5.76 Å². The summed E-state index contributed by atoms with van der Waals surface area (Å²) >= 11 is 5.48. The fourth-order valence-corrected chi connectivity index (χ4v) is 1.03. The van der Waals surface area contributed by atoms with E-state index in [0.29, 0.717) is 5.89 Å². The third-order valence-corrected chi connectivity index (χ3v) is 1.64. The van der Waals surface area contributed by atoms with Gasteiger partial charge in [-0.2, -0.15) is 4.98 Å². The summed E-state index contributed by atoms with van der Waals surface area (Å²) in [6.07, 6.45) is 1.56. The van der Waals surface area contributed by atoms with Gasteiger partial charge in [-0.25, -0.2) is 0 Å². The summed E-state index contributed by atoms with van der Waals surface area (Å²) in [4.78, 5) is 3.84. The van der Waals surface area contributed by atoms with Crippen LogP contribution in [-0.4, -0.2) is 10.1 Å². The Morgan fingerprint density at radius 2 is 2.33 bits per heavy atom. The van der Waals surface area contributed by atoms with E-state index in [9.17, 15) is 0 Å². The van der Waals surface area contributed by atoms with Gasteiger partial charge in [-0.1, -0.05) is 0 Å². The van der Waals surface area contributed by atoms with Crippen molar-refractivity contribution in [2.75, 3.05) is 0 Å². The number of hydrogen-bond acceptors (Lipinski definition) is 4. The molecule has 5 heteroatoms. The van der Waals surface area contributed by atoms with E-state index in [0.717, 1.165) is 11.3 Å². The molecule has 0 amide bonds. The molecule has 2 rings (SSSR count). The van der Waals surface area contributed by atoms with E-state index in [2.05, 4.69) is 10.1 Å². The van der Waals surface area contributed by atoms with Crippen LogP contribution < -0.4 is 0 Å². The highest BCUT2D eigenvalue weighted by Gasteiger charge is 2.11. The first-order chi connectivity index (χ1) is 5.77. The summed E-state index contributed by atoms with van der Waals surface area (Å²) in [7, 11) is 0. The van der Waals surface area contributed by atoms with Crippen LogP contribution in [0.3, 0.4) is 0 Å². The van der Waals surface area contributed by atoms with E-state index in [1.54, 1.807) is 12.3 Å². The first-order valence-corrected chi connectivity index (χ1v) is 3.69. The smallest absolute Gasteiger partial charge is 0.264 e. The molecule has 0 bridgehead atoms. The van der Waals surface area contributed by atoms with E-state index in [1.807, 2.05) is 6.92 Å². The number of halogens is 1. The average Bonchev–Trinajstić information content (AvgIpc) is 2.58. The highest BCUT2D eigenvalue weighted by molar-refractivity contribution is 6.28. The van der Waals surface area contributed by atoms with Crippen LogP contribution in [0.4, 0.5) is 0 Å². The molecule has 0 N–H and O–H groups in total. The lowest BCUT2D eigenvalue weighted by Gasteiger charge is -1.86. The van der Waals surface area contributed by atoms with Crippen molar-refractivity contribution in [1.29, 1.82) is 0 Å². The molecule has 0 unspecified atom stereocenters. The molecule has 0 saturated heterocycles. The van der Waals surface area contributed by atoms with Crippen LogP contribution in [0.25, 0.3) is 11.5 Å². The second-order valence-electron chi connectivity index (χ2n) is 2.26. The van der Waals surface area contributed by atoms with E-state index >= 15 is 0 Å². The minimum absolute atomic E-state index is 0.102. The highest BCUT2D eigenvalue weighted by atomic mass is 35.5. The largest absolute Gasteiger partial charge is 0.469 e. The van der Waals surface area contributed by atoms with Crippen molar-refractivity contribution in [2.24, 2.45) is 0 Å². The molecule has 0 saturated carbocycles. The molecule has 0 spiro atoms. The van der Waals surface area contributed by atoms with Crippen molar-refractivity contribution in [3.8, 4) is 11.5 Å². The average molecular weight is 185 g/mol. The minimum atomic E-state index is 0.102. The molecule has 2 aromatic rings. The van der Waals surface area contributed by atoms with E-state index < -0.39 is 0 Å². The van der Waals surface area contributed by atoms with Gasteiger partial charge >= 0.3 is 0 Å². The molecule has 0 aromatic carbocycles. The molecule has 2 heterocycles. The Hall–Kier alpha value is -1.29. The van der Waals surface area contributed by atoms with E-state index in [1.165, 1.54) is 0 Å². The molecular weight excluding hydrogens is 180 g/mol. The molecule has 2 aromatic heterocycles. The zero-order chi connectivity index (χ0) is 8.55. The van der Waals surface area contributed by atoms with Crippen LogP contribution in [0.2, 0.25) is 5.28 Å². The van der Waals surface area contributed by atoms with Crippen molar-refractivity contribution in [3.05, 3.63) is 23.4 Å². The lowest BCUT2D eigenvalue weighted by atomic mass is 10.3. The number of furan rings is 1. The maximum absolute atomic E-state index is 5.48. The van der Waals surface area contributed by atoms with Crippen molar-refractivity contribution in [1.82, 2.24) is 10.1 Å². The molecule has 62 valence electrons. The van der Waals surface area contributed by atoms with Gasteiger partial charge in [0.25, 0.3) is 11.2 Å². The standard InChI is InChI=1S/C7H5ClN2O2/c1-4-5(2-3-11-4)6-9-7(8)10-12-6/h2-3H,1H3. The summed E-state index contributed by atoms with van der Waals surface area (Å²) in [5, 5.41) is 3.55. The molecular formula is C7H5ClN2O2. The fourth-order valence-electron chi connectivity index (χ4n) is 0.922. The molecule has 12 heavy (non-hydrogen) atoms. The summed E-state index contributed by atoms with van der Waals surface area (Å²) < 4.78 is 9.89. The first-order valence-electron chi connectivity index (χ1n) is 3.31. The van der Waals surface area contributed by atoms with Crippen molar-refractivity contribution < 1.29 is 8.94 Å². The van der Waals surface area contributed by atoms with Crippen molar-refractivity contribution in [3.63, 3.8) is 0 Å². The quantitative estimate of drug-likeness (QED) is 0.682. The van der Waals surface area contributed by atoms with Gasteiger partial charge in [0.05, 0.1) is 11.8 Å². The van der Waals surface area contributed by atoms with Crippen LogP contribution in [0.5, 0.6) is 0 Å². The Labute approximate surface area is 73.1 Å². The second-order valence-corrected chi connectivity index (χ2v) is 2.60. The predicted octanol–water partition coefficient (Wildman–Crippen LogP) is 2.29. The Balaban J connectivity index is 2.50. The molecule has 0 atom stereocenters. The Bertz CT molecular complexity index is 394. The summed E-state index contributed by atoms with van der Waals surface area (Å²) in [5.41, 5.74) is 0.773. The van der Waals surface area contributed by atoms with Gasteiger partial charge in [0.2, 0.25) is 0 Å². The number of rotatable bonds is 1. The number of nitrogens with zero attached hydrogens (tertiary/aromatic N) is 2. The maximum atomic E-state index is 5.48. The van der Waals surface area contributed by atoms with Crippen LogP contribution in [0.1, 0.15) is 5.76 Å². The first kappa shape index (κ1) is 7.36. The summed E-state index contributed by atoms with van der Waals surface area (Å²) in [6, 6.07) is 1.75. The second kappa shape index (κ2) is 2.64. The van der Waals surface area contributed by atoms with Crippen molar-refractivity contribution in [2.45, 2.75) is 6.92 Å². The van der Waals surface area contributed by atoms with E-state index in [-0.39, 0.29) is 5.28 Å². The summed E-state index contributed by atoms with van der Waals surface area (Å²) in [5.74, 6) is 1.11. The molecule has 0 fully saturated rings. The SMILES string of the molecule is Cc1occc1-c1nc(Cl)no1. The maximum Gasteiger partial charge on any atom is 0.264 e. The van der Waals surface area contributed by atoms with Gasteiger partial charge in [-0.05, 0) is 29.7 Å². The molecule has 0 aliphatic rings. The Morgan fingerprint density at radius 3 is 2.83 bits per heavy atom. The predicted molar refractivity (Wildman–Crippen MR) is 41.7 cm³/mol. The molecule has 0 radical (unpaired) electrons. The lowest BCUT2D eigenvalue weighted by molar-refractivity contribution is 0.429. The number of aromatic nitrogens is 2. The van der Waals surface area contributed by atoms with Gasteiger partial charge < -0.3 is 8.94 Å². The fraction of sp³-hybridized carbons (Fsp3) is 0.143. The Kier molecular flexibility index (Phi) is 1.62. The summed E-state index contributed by atoms with van der Waals surface area (Å²) in [6.45, 7) is 1.81. The highest BCUT2D eigenvalue weighted by Crippen LogP contribution is 2.22. The van der Waals surface area contributed by atoms with Crippen LogP contribution >= 0.6 is 11.6 Å². The zero-order valence-electron chi connectivity index (χ0n) is 6.24. The van der Waals surface area contributed by atoms with Gasteiger partial charge in [-0.3, -0.25) is 0 Å². The van der Waals surface area contributed by atoms with Crippen LogP contribution in [-0.2, 0) is 0 Å². The topological polar surface area (TPSA) is 52.1 Å². The normalized spacial score (nSPS) is 10.5. The third-order valence-electron chi connectivity index (χ3n) is 1.49. The van der Waals surface area contributed by atoms with Gasteiger partial charge in [0.15, 0.2) is 0 Å². The number of aryl methyl sites for hydroxylation is 1. The monoisotopic (exact) mass is 184 g/mol. The van der Waals surface area contributed by atoms with Gasteiger partial charge in [0, 0.05) is 0 Å².